The zero-order valence-corrected chi connectivity index (χ0v) is 15.7. The quantitative estimate of drug-likeness (QED) is 0.839. The minimum atomic E-state index is -0.378. The fourth-order valence-electron chi connectivity index (χ4n) is 3.59. The highest BCUT2D eigenvalue weighted by Gasteiger charge is 2.31. The molecule has 0 bridgehead atoms. The second-order valence-electron chi connectivity index (χ2n) is 7.45. The molecule has 2 amide bonds. The summed E-state index contributed by atoms with van der Waals surface area (Å²) in [5.74, 6) is -0.101. The summed E-state index contributed by atoms with van der Waals surface area (Å²) >= 11 is 0. The summed E-state index contributed by atoms with van der Waals surface area (Å²) in [6.07, 6.45) is 3.59. The molecule has 2 heterocycles. The Morgan fingerprint density at radius 2 is 1.85 bits per heavy atom. The van der Waals surface area contributed by atoms with Crippen LogP contribution in [0.5, 0.6) is 0 Å². The van der Waals surface area contributed by atoms with Gasteiger partial charge in [-0.25, -0.2) is 0 Å². The van der Waals surface area contributed by atoms with Crippen molar-refractivity contribution in [1.29, 1.82) is 0 Å². The van der Waals surface area contributed by atoms with Crippen LogP contribution < -0.4 is 5.32 Å². The molecule has 2 aliphatic rings. The first-order valence-electron chi connectivity index (χ1n) is 9.49. The van der Waals surface area contributed by atoms with Gasteiger partial charge in [-0.05, 0) is 56.5 Å². The lowest BCUT2D eigenvalue weighted by Gasteiger charge is -2.17. The van der Waals surface area contributed by atoms with Crippen LogP contribution in [0.3, 0.4) is 0 Å². The summed E-state index contributed by atoms with van der Waals surface area (Å²) in [5, 5.41) is 2.92. The number of benzene rings is 1. The van der Waals surface area contributed by atoms with E-state index in [1.54, 1.807) is 19.0 Å². The fourth-order valence-corrected chi connectivity index (χ4v) is 3.59. The van der Waals surface area contributed by atoms with E-state index in [9.17, 15) is 9.59 Å². The van der Waals surface area contributed by atoms with Crippen molar-refractivity contribution >= 4 is 11.8 Å². The summed E-state index contributed by atoms with van der Waals surface area (Å²) in [5.41, 5.74) is 1.90. The maximum atomic E-state index is 12.3. The Morgan fingerprint density at radius 3 is 2.50 bits per heavy atom. The molecule has 3 rings (SSSR count). The first-order valence-corrected chi connectivity index (χ1v) is 9.49. The molecule has 0 aromatic heterocycles. The van der Waals surface area contributed by atoms with Gasteiger partial charge < -0.3 is 15.0 Å². The van der Waals surface area contributed by atoms with Gasteiger partial charge in [0.1, 0.15) is 6.10 Å². The largest absolute Gasteiger partial charge is 0.363 e. The number of hydrogen-bond acceptors (Lipinski definition) is 4. The van der Waals surface area contributed by atoms with Crippen molar-refractivity contribution in [1.82, 2.24) is 15.1 Å². The molecule has 26 heavy (non-hydrogen) atoms. The first kappa shape index (κ1) is 18.9. The van der Waals surface area contributed by atoms with Crippen molar-refractivity contribution < 1.29 is 14.3 Å². The Hall–Kier alpha value is -1.92. The number of likely N-dealkylation sites (N-methyl/N-ethyl adjacent to an activating group) is 1. The average Bonchev–Trinajstić information content (AvgIpc) is 3.31. The van der Waals surface area contributed by atoms with Crippen LogP contribution in [-0.2, 0) is 16.1 Å². The van der Waals surface area contributed by atoms with Crippen LogP contribution in [0.2, 0.25) is 0 Å². The molecule has 0 saturated carbocycles. The average molecular weight is 359 g/mol. The molecular weight excluding hydrogens is 330 g/mol. The van der Waals surface area contributed by atoms with Gasteiger partial charge in [-0.3, -0.25) is 14.5 Å². The monoisotopic (exact) mass is 359 g/mol. The molecule has 6 nitrogen and oxygen atoms in total. The van der Waals surface area contributed by atoms with Gasteiger partial charge in [0.2, 0.25) is 0 Å². The van der Waals surface area contributed by atoms with Crippen LogP contribution in [0.4, 0.5) is 0 Å². The summed E-state index contributed by atoms with van der Waals surface area (Å²) in [4.78, 5) is 28.2. The summed E-state index contributed by atoms with van der Waals surface area (Å²) in [6, 6.07) is 7.83. The van der Waals surface area contributed by atoms with E-state index >= 15 is 0 Å². The Balaban J connectivity index is 1.44. The molecule has 0 spiro atoms. The molecule has 0 unspecified atom stereocenters. The number of ether oxygens (including phenoxy) is 1. The van der Waals surface area contributed by atoms with Crippen molar-refractivity contribution in [3.8, 4) is 0 Å². The molecule has 1 N–H and O–H groups in total. The maximum Gasteiger partial charge on any atom is 0.251 e. The molecule has 1 aromatic rings. The van der Waals surface area contributed by atoms with Gasteiger partial charge in [-0.1, -0.05) is 12.1 Å². The summed E-state index contributed by atoms with van der Waals surface area (Å²) < 4.78 is 5.75. The fraction of sp³-hybridized carbons (Fsp3) is 0.600. The third-order valence-electron chi connectivity index (χ3n) is 5.14. The summed E-state index contributed by atoms with van der Waals surface area (Å²) in [7, 11) is 3.46. The predicted molar refractivity (Wildman–Crippen MR) is 99.9 cm³/mol. The van der Waals surface area contributed by atoms with Gasteiger partial charge >= 0.3 is 0 Å². The van der Waals surface area contributed by atoms with Gasteiger partial charge in [0.15, 0.2) is 0 Å². The number of nitrogens with zero attached hydrogens (tertiary/aromatic N) is 2. The number of carbonyl (C=O) groups excluding carboxylic acids is 2. The lowest BCUT2D eigenvalue weighted by Crippen LogP contribution is -2.36. The number of carbonyl (C=O) groups is 2. The van der Waals surface area contributed by atoms with Crippen molar-refractivity contribution in [3.63, 3.8) is 0 Å². The second-order valence-corrected chi connectivity index (χ2v) is 7.45. The maximum absolute atomic E-state index is 12.3. The minimum Gasteiger partial charge on any atom is -0.363 e. The van der Waals surface area contributed by atoms with E-state index in [1.807, 2.05) is 24.3 Å². The van der Waals surface area contributed by atoms with E-state index in [0.29, 0.717) is 18.5 Å². The van der Waals surface area contributed by atoms with E-state index in [1.165, 1.54) is 31.5 Å². The van der Waals surface area contributed by atoms with Crippen LogP contribution >= 0.6 is 0 Å². The number of rotatable bonds is 6. The Kier molecular flexibility index (Phi) is 6.27. The van der Waals surface area contributed by atoms with Crippen molar-refractivity contribution in [3.05, 3.63) is 35.4 Å². The van der Waals surface area contributed by atoms with E-state index in [2.05, 4.69) is 10.2 Å². The molecule has 2 saturated heterocycles. The van der Waals surface area contributed by atoms with Crippen LogP contribution in [-0.4, -0.2) is 67.6 Å². The van der Waals surface area contributed by atoms with Gasteiger partial charge in [0.25, 0.3) is 11.8 Å². The Bertz CT molecular complexity index is 624. The molecule has 0 aliphatic carbocycles. The molecular formula is C20H29N3O3. The highest BCUT2D eigenvalue weighted by atomic mass is 16.5. The van der Waals surface area contributed by atoms with Crippen LogP contribution in [0.1, 0.15) is 41.6 Å². The Morgan fingerprint density at radius 1 is 1.15 bits per heavy atom. The lowest BCUT2D eigenvalue weighted by molar-refractivity contribution is -0.140. The number of likely N-dealkylation sites (tertiary alicyclic amines) is 1. The van der Waals surface area contributed by atoms with Gasteiger partial charge in [-0.15, -0.1) is 0 Å². The van der Waals surface area contributed by atoms with Gasteiger partial charge in [-0.2, -0.15) is 0 Å². The molecule has 6 heteroatoms. The predicted octanol–water partition coefficient (Wildman–Crippen LogP) is 1.65. The second kappa shape index (κ2) is 8.64. The highest BCUT2D eigenvalue weighted by Crippen LogP contribution is 2.20. The zero-order chi connectivity index (χ0) is 18.5. The standard InChI is InChI=1S/C20H29N3O3/c1-22(2)20(25)18-10-9-17(26-18)13-21-19(24)16-7-5-15(6-8-16)14-23-11-3-4-12-23/h5-8,17-18H,3-4,9-14H2,1-2H3,(H,21,24)/t17-,18-/m0/s1. The number of hydrogen-bond donors (Lipinski definition) is 1. The first-order chi connectivity index (χ1) is 12.5. The van der Waals surface area contributed by atoms with Crippen LogP contribution in [0.15, 0.2) is 24.3 Å². The lowest BCUT2D eigenvalue weighted by atomic mass is 10.1. The van der Waals surface area contributed by atoms with Gasteiger partial charge in [0, 0.05) is 32.7 Å². The zero-order valence-electron chi connectivity index (χ0n) is 15.7. The molecule has 2 atom stereocenters. The van der Waals surface area contributed by atoms with Gasteiger partial charge in [0.05, 0.1) is 6.10 Å². The van der Waals surface area contributed by atoms with Crippen LogP contribution in [0.25, 0.3) is 0 Å². The number of amides is 2. The summed E-state index contributed by atoms with van der Waals surface area (Å²) in [6.45, 7) is 3.73. The molecule has 142 valence electrons. The smallest absolute Gasteiger partial charge is 0.251 e. The van der Waals surface area contributed by atoms with E-state index in [-0.39, 0.29) is 24.0 Å². The molecule has 0 radical (unpaired) electrons. The van der Waals surface area contributed by atoms with E-state index in [4.69, 9.17) is 4.74 Å². The van der Waals surface area contributed by atoms with E-state index in [0.717, 1.165) is 13.0 Å². The number of nitrogens with one attached hydrogen (secondary N) is 1. The molecule has 1 aromatic carbocycles. The SMILES string of the molecule is CN(C)C(=O)[C@@H]1CC[C@@H](CNC(=O)c2ccc(CN3CCCC3)cc2)O1. The Labute approximate surface area is 155 Å². The minimum absolute atomic E-state index is 0.00702. The van der Waals surface area contributed by atoms with E-state index < -0.39 is 0 Å². The van der Waals surface area contributed by atoms with Crippen molar-refractivity contribution in [2.24, 2.45) is 0 Å². The van der Waals surface area contributed by atoms with Crippen molar-refractivity contribution in [2.45, 2.75) is 44.4 Å². The highest BCUT2D eigenvalue weighted by molar-refractivity contribution is 5.94. The third kappa shape index (κ3) is 4.83. The van der Waals surface area contributed by atoms with Crippen molar-refractivity contribution in [2.75, 3.05) is 33.7 Å². The normalized spacial score (nSPS) is 23.2. The van der Waals surface area contributed by atoms with Crippen LogP contribution in [0, 0.1) is 0 Å². The third-order valence-corrected chi connectivity index (χ3v) is 5.14. The topological polar surface area (TPSA) is 61.9 Å². The molecule has 2 fully saturated rings. The molecule has 2 aliphatic heterocycles.